The van der Waals surface area contributed by atoms with Crippen LogP contribution >= 0.6 is 0 Å². The van der Waals surface area contributed by atoms with Gasteiger partial charge in [-0.25, -0.2) is 4.39 Å². The molecule has 1 aromatic carbocycles. The quantitative estimate of drug-likeness (QED) is 0.871. The number of nitrogens with one attached hydrogen (secondary N) is 1. The Balaban J connectivity index is 1.84. The summed E-state index contributed by atoms with van der Waals surface area (Å²) in [6, 6.07) is 4.94. The number of hydrogen-bond donors (Lipinski definition) is 1. The first kappa shape index (κ1) is 16.5. The van der Waals surface area contributed by atoms with Crippen molar-refractivity contribution < 1.29 is 18.5 Å². The minimum atomic E-state index is -0.809. The first-order chi connectivity index (χ1) is 10.7. The second-order valence-electron chi connectivity index (χ2n) is 7.40. The number of rotatable bonds is 3. The van der Waals surface area contributed by atoms with Gasteiger partial charge in [0.15, 0.2) is 0 Å². The van der Waals surface area contributed by atoms with E-state index in [9.17, 15) is 9.18 Å². The van der Waals surface area contributed by atoms with Crippen molar-refractivity contribution in [3.8, 4) is 0 Å². The first-order valence-electron chi connectivity index (χ1n) is 8.16. The molecule has 0 spiro atoms. The largest absolute Gasteiger partial charge is 0.497 e. The van der Waals surface area contributed by atoms with Gasteiger partial charge < -0.3 is 14.6 Å². The predicted molar refractivity (Wildman–Crippen MR) is 87.2 cm³/mol. The van der Waals surface area contributed by atoms with E-state index >= 15 is 0 Å². The lowest BCUT2D eigenvalue weighted by Gasteiger charge is -2.32. The van der Waals surface area contributed by atoms with Gasteiger partial charge in [-0.1, -0.05) is 12.1 Å². The molecule has 1 heterocycles. The van der Waals surface area contributed by atoms with Crippen molar-refractivity contribution in [3.63, 3.8) is 0 Å². The van der Waals surface area contributed by atoms with Crippen LogP contribution in [0.1, 0.15) is 57.3 Å². The van der Waals surface area contributed by atoms with Crippen molar-refractivity contribution in [2.45, 2.75) is 64.2 Å². The van der Waals surface area contributed by atoms with Crippen molar-refractivity contribution in [2.24, 2.45) is 0 Å². The third kappa shape index (κ3) is 2.90. The van der Waals surface area contributed by atoms with E-state index in [1.54, 1.807) is 12.1 Å². The van der Waals surface area contributed by atoms with E-state index in [1.165, 1.54) is 6.07 Å². The highest BCUT2D eigenvalue weighted by atomic mass is 19.1. The van der Waals surface area contributed by atoms with Gasteiger partial charge >= 0.3 is 7.12 Å². The molecule has 1 aromatic rings. The standard InChI is InChI=1S/C17H23BFNO3/c1-16(2)17(3,4)23-18(22-16)13-10-6-9-12(14(13)19)15(21)20-11-7-5-8-11/h6,9-11H,5,7-8H2,1-4H3,(H,20,21). The second kappa shape index (κ2) is 5.60. The molecule has 0 unspecified atom stereocenters. The fourth-order valence-electron chi connectivity index (χ4n) is 2.69. The summed E-state index contributed by atoms with van der Waals surface area (Å²) in [4.78, 5) is 12.3. The van der Waals surface area contributed by atoms with Gasteiger partial charge in [-0.15, -0.1) is 0 Å². The topological polar surface area (TPSA) is 47.6 Å². The highest BCUT2D eigenvalue weighted by Crippen LogP contribution is 2.36. The molecule has 23 heavy (non-hydrogen) atoms. The summed E-state index contributed by atoms with van der Waals surface area (Å²) in [5, 5.41) is 2.86. The lowest BCUT2D eigenvalue weighted by atomic mass is 9.77. The smallest absolute Gasteiger partial charge is 0.399 e. The van der Waals surface area contributed by atoms with Crippen molar-refractivity contribution >= 4 is 18.5 Å². The van der Waals surface area contributed by atoms with Crippen molar-refractivity contribution in [3.05, 3.63) is 29.6 Å². The van der Waals surface area contributed by atoms with Gasteiger partial charge in [0.2, 0.25) is 0 Å². The van der Waals surface area contributed by atoms with Gasteiger partial charge in [-0.05, 0) is 53.0 Å². The SMILES string of the molecule is CC1(C)OB(c2cccc(C(=O)NC3CCC3)c2F)OC1(C)C. The molecule has 124 valence electrons. The number of hydrogen-bond acceptors (Lipinski definition) is 3. The summed E-state index contributed by atoms with van der Waals surface area (Å²) in [5.41, 5.74) is -0.781. The number of carbonyl (C=O) groups is 1. The Morgan fingerprint density at radius 2 is 1.83 bits per heavy atom. The average molecular weight is 319 g/mol. The van der Waals surface area contributed by atoms with Crippen LogP contribution in [0.4, 0.5) is 4.39 Å². The molecule has 2 aliphatic rings. The van der Waals surface area contributed by atoms with Crippen LogP contribution in [0.5, 0.6) is 0 Å². The van der Waals surface area contributed by atoms with Gasteiger partial charge in [-0.2, -0.15) is 0 Å². The van der Waals surface area contributed by atoms with Crippen LogP contribution in [-0.4, -0.2) is 30.3 Å². The molecular formula is C17H23BFNO3. The number of benzene rings is 1. The van der Waals surface area contributed by atoms with Crippen LogP contribution in [0.25, 0.3) is 0 Å². The lowest BCUT2D eigenvalue weighted by Crippen LogP contribution is -2.42. The maximum atomic E-state index is 14.8. The molecule has 0 radical (unpaired) electrons. The predicted octanol–water partition coefficient (Wildman–Crippen LogP) is 2.41. The summed E-state index contributed by atoms with van der Waals surface area (Å²) in [5.74, 6) is -0.937. The molecule has 1 aliphatic heterocycles. The van der Waals surface area contributed by atoms with E-state index in [0.717, 1.165) is 19.3 Å². The number of carbonyl (C=O) groups excluding carboxylic acids is 1. The fraction of sp³-hybridized carbons (Fsp3) is 0.588. The van der Waals surface area contributed by atoms with E-state index in [-0.39, 0.29) is 23.0 Å². The summed E-state index contributed by atoms with van der Waals surface area (Å²) < 4.78 is 26.6. The van der Waals surface area contributed by atoms with Crippen LogP contribution in [0.2, 0.25) is 0 Å². The summed E-state index contributed by atoms with van der Waals surface area (Å²) in [6.45, 7) is 7.66. The second-order valence-corrected chi connectivity index (χ2v) is 7.40. The van der Waals surface area contributed by atoms with E-state index in [1.807, 2.05) is 27.7 Å². The summed E-state index contributed by atoms with van der Waals surface area (Å²) in [6.07, 6.45) is 3.04. The van der Waals surface area contributed by atoms with Gasteiger partial charge in [0.1, 0.15) is 5.82 Å². The van der Waals surface area contributed by atoms with Crippen LogP contribution in [-0.2, 0) is 9.31 Å². The monoisotopic (exact) mass is 319 g/mol. The van der Waals surface area contributed by atoms with E-state index in [4.69, 9.17) is 9.31 Å². The van der Waals surface area contributed by atoms with Crippen molar-refractivity contribution in [1.82, 2.24) is 5.32 Å². The molecule has 6 heteroatoms. The van der Waals surface area contributed by atoms with Crippen LogP contribution in [0.3, 0.4) is 0 Å². The highest BCUT2D eigenvalue weighted by molar-refractivity contribution is 6.62. The lowest BCUT2D eigenvalue weighted by molar-refractivity contribution is 0.00578. The third-order valence-corrected chi connectivity index (χ3v) is 5.22. The first-order valence-corrected chi connectivity index (χ1v) is 8.16. The molecular weight excluding hydrogens is 296 g/mol. The minimum Gasteiger partial charge on any atom is -0.399 e. The van der Waals surface area contributed by atoms with Gasteiger partial charge in [0.25, 0.3) is 5.91 Å². The van der Waals surface area contributed by atoms with Gasteiger partial charge in [0.05, 0.1) is 16.8 Å². The highest BCUT2D eigenvalue weighted by Gasteiger charge is 2.52. The maximum Gasteiger partial charge on any atom is 0.497 e. The Bertz CT molecular complexity index is 612. The normalized spacial score (nSPS) is 22.7. The zero-order valence-corrected chi connectivity index (χ0v) is 14.1. The molecule has 1 N–H and O–H groups in total. The Hall–Kier alpha value is -1.40. The zero-order chi connectivity index (χ0) is 16.8. The molecule has 0 aromatic heterocycles. The molecule has 1 aliphatic carbocycles. The van der Waals surface area contributed by atoms with E-state index in [0.29, 0.717) is 0 Å². The fourth-order valence-corrected chi connectivity index (χ4v) is 2.69. The minimum absolute atomic E-state index is 0.0455. The molecule has 1 saturated heterocycles. The van der Waals surface area contributed by atoms with Gasteiger partial charge in [0, 0.05) is 11.5 Å². The van der Waals surface area contributed by atoms with Gasteiger partial charge in [-0.3, -0.25) is 4.79 Å². The summed E-state index contributed by atoms with van der Waals surface area (Å²) in [7, 11) is -0.809. The van der Waals surface area contributed by atoms with E-state index in [2.05, 4.69) is 5.32 Å². The molecule has 1 saturated carbocycles. The maximum absolute atomic E-state index is 14.8. The zero-order valence-electron chi connectivity index (χ0n) is 14.1. The molecule has 2 fully saturated rings. The molecule has 0 atom stereocenters. The van der Waals surface area contributed by atoms with Crippen LogP contribution < -0.4 is 10.8 Å². The van der Waals surface area contributed by atoms with Crippen LogP contribution in [0.15, 0.2) is 18.2 Å². The average Bonchev–Trinajstić information content (AvgIpc) is 2.62. The van der Waals surface area contributed by atoms with Crippen LogP contribution in [0, 0.1) is 5.82 Å². The molecule has 0 bridgehead atoms. The Morgan fingerprint density at radius 3 is 2.35 bits per heavy atom. The Labute approximate surface area is 136 Å². The molecule has 1 amide bonds. The summed E-state index contributed by atoms with van der Waals surface area (Å²) >= 11 is 0. The van der Waals surface area contributed by atoms with Crippen molar-refractivity contribution in [2.75, 3.05) is 0 Å². The third-order valence-electron chi connectivity index (χ3n) is 5.22. The van der Waals surface area contributed by atoms with E-state index < -0.39 is 24.1 Å². The van der Waals surface area contributed by atoms with Crippen molar-refractivity contribution in [1.29, 1.82) is 0 Å². The Kier molecular flexibility index (Phi) is 4.01. The number of amides is 1. The molecule has 3 rings (SSSR count). The Morgan fingerprint density at radius 1 is 1.22 bits per heavy atom. The number of halogens is 1. The molecule has 4 nitrogen and oxygen atoms in total.